The Balaban J connectivity index is 6.15. The highest BCUT2D eigenvalue weighted by Crippen LogP contribution is 2.44. The molecule has 0 aromatic carbocycles. The second-order valence-corrected chi connectivity index (χ2v) is 8.45. The molecule has 0 aromatic heterocycles. The van der Waals surface area contributed by atoms with Gasteiger partial charge in [-0.1, -0.05) is 0 Å². The van der Waals surface area contributed by atoms with E-state index in [1.54, 1.807) is 0 Å². The van der Waals surface area contributed by atoms with Gasteiger partial charge in [-0.15, -0.1) is 22.0 Å². The Morgan fingerprint density at radius 3 is 1.69 bits per heavy atom. The summed E-state index contributed by atoms with van der Waals surface area (Å²) in [4.78, 5) is 0. The number of hydrogen-bond acceptors (Lipinski definition) is 9. The van der Waals surface area contributed by atoms with Crippen LogP contribution in [0.5, 0.6) is 0 Å². The van der Waals surface area contributed by atoms with Crippen molar-refractivity contribution in [1.29, 1.82) is 0 Å². The van der Waals surface area contributed by atoms with Gasteiger partial charge in [0.15, 0.2) is 6.29 Å². The molecule has 9 nitrogen and oxygen atoms in total. The molecular formula is C15H17Cl3F12O9. The van der Waals surface area contributed by atoms with Crippen LogP contribution in [-0.2, 0) is 37.9 Å². The monoisotopic (exact) mass is 674 g/mol. The van der Waals surface area contributed by atoms with E-state index in [1.807, 2.05) is 0 Å². The van der Waals surface area contributed by atoms with Crippen LogP contribution in [0.3, 0.4) is 0 Å². The number of halogens is 15. The van der Waals surface area contributed by atoms with Crippen molar-refractivity contribution < 1.29 is 95.7 Å². The lowest BCUT2D eigenvalue weighted by Crippen LogP contribution is -2.56. The molecule has 236 valence electrons. The van der Waals surface area contributed by atoms with Crippen LogP contribution in [-0.4, -0.2) is 78.7 Å². The Labute approximate surface area is 224 Å². The van der Waals surface area contributed by atoms with Crippen LogP contribution >= 0.6 is 34.8 Å². The van der Waals surface area contributed by atoms with Gasteiger partial charge in [-0.25, -0.2) is 23.7 Å². The predicted octanol–water partition coefficient (Wildman–Crippen LogP) is 5.95. The van der Waals surface area contributed by atoms with E-state index in [4.69, 9.17) is 0 Å². The van der Waals surface area contributed by atoms with E-state index in [0.717, 1.165) is 13.8 Å². The second-order valence-electron chi connectivity index (χ2n) is 6.85. The van der Waals surface area contributed by atoms with Gasteiger partial charge in [0.25, 0.3) is 5.97 Å². The van der Waals surface area contributed by atoms with Gasteiger partial charge in [0.1, 0.15) is 6.61 Å². The first-order valence-electron chi connectivity index (χ1n) is 9.45. The minimum Gasteiger partial charge on any atom is -0.367 e. The lowest BCUT2D eigenvalue weighted by Gasteiger charge is -2.40. The number of alkyl halides is 15. The van der Waals surface area contributed by atoms with E-state index in [-0.39, 0.29) is 0 Å². The molecule has 0 fully saturated rings. The molecule has 0 aliphatic heterocycles. The SMILES string of the molecule is CC(C)OC(CCOC(O)COCC(F)(F)F)(OC(F)(F)F)OC(F)(OC(F)(Cl)Cl)OC(F)(F)OC(F)(F)Cl. The molecule has 0 saturated carbocycles. The van der Waals surface area contributed by atoms with Gasteiger partial charge < -0.3 is 19.3 Å². The predicted molar refractivity (Wildman–Crippen MR) is 99.0 cm³/mol. The molecule has 1 N–H and O–H groups in total. The van der Waals surface area contributed by atoms with Crippen LogP contribution in [0.1, 0.15) is 20.3 Å². The summed E-state index contributed by atoms with van der Waals surface area (Å²) in [5, 5.41) is 9.44. The molecule has 0 aliphatic carbocycles. The summed E-state index contributed by atoms with van der Waals surface area (Å²) >= 11 is 13.3. The molecule has 0 aliphatic rings. The summed E-state index contributed by atoms with van der Waals surface area (Å²) < 4.78 is 181. The highest BCUT2D eigenvalue weighted by Gasteiger charge is 2.61. The van der Waals surface area contributed by atoms with E-state index >= 15 is 4.39 Å². The zero-order valence-corrected chi connectivity index (χ0v) is 21.1. The number of rotatable bonds is 18. The van der Waals surface area contributed by atoms with E-state index < -0.39 is 80.0 Å². The quantitative estimate of drug-likeness (QED) is 0.108. The van der Waals surface area contributed by atoms with Gasteiger partial charge in [-0.2, -0.15) is 30.7 Å². The van der Waals surface area contributed by atoms with Gasteiger partial charge in [-0.3, -0.25) is 0 Å². The maximum Gasteiger partial charge on any atom is 0.526 e. The summed E-state index contributed by atoms with van der Waals surface area (Å²) in [5.74, 6) is -4.17. The number of hydrogen-bond donors (Lipinski definition) is 1. The van der Waals surface area contributed by atoms with Gasteiger partial charge in [0.05, 0.1) is 25.7 Å². The first-order valence-corrected chi connectivity index (χ1v) is 10.6. The average molecular weight is 676 g/mol. The van der Waals surface area contributed by atoms with Crippen LogP contribution < -0.4 is 0 Å². The maximum absolute atomic E-state index is 15.1. The lowest BCUT2D eigenvalue weighted by molar-refractivity contribution is -0.627. The fourth-order valence-electron chi connectivity index (χ4n) is 2.09. The molecule has 0 amide bonds. The summed E-state index contributed by atoms with van der Waals surface area (Å²) in [6, 6.07) is 0. The largest absolute Gasteiger partial charge is 0.526 e. The smallest absolute Gasteiger partial charge is 0.367 e. The summed E-state index contributed by atoms with van der Waals surface area (Å²) in [7, 11) is 0. The Hall–Kier alpha value is -0.330. The summed E-state index contributed by atoms with van der Waals surface area (Å²) in [6.07, 6.45) is -28.0. The van der Waals surface area contributed by atoms with Gasteiger partial charge >= 0.3 is 35.4 Å². The van der Waals surface area contributed by atoms with Crippen LogP contribution in [0.4, 0.5) is 52.7 Å². The minimum absolute atomic E-state index is 0.897. The molecule has 0 rings (SSSR count). The highest BCUT2D eigenvalue weighted by atomic mass is 35.5. The first-order chi connectivity index (χ1) is 17.1. The van der Waals surface area contributed by atoms with E-state index in [0.29, 0.717) is 0 Å². The molecule has 0 aromatic rings. The molecule has 0 bridgehead atoms. The number of aliphatic hydroxyl groups excluding tert-OH is 1. The molecule has 3 atom stereocenters. The zero-order chi connectivity index (χ0) is 31.1. The van der Waals surface area contributed by atoms with Crippen LogP contribution in [0.15, 0.2) is 0 Å². The van der Waals surface area contributed by atoms with Crippen molar-refractivity contribution in [2.24, 2.45) is 0 Å². The molecule has 0 saturated heterocycles. The van der Waals surface area contributed by atoms with Crippen LogP contribution in [0.25, 0.3) is 0 Å². The fraction of sp³-hybridized carbons (Fsp3) is 1.00. The van der Waals surface area contributed by atoms with Crippen molar-refractivity contribution in [3.8, 4) is 0 Å². The third-order valence-corrected chi connectivity index (χ3v) is 3.15. The number of ether oxygens (including phenoxy) is 8. The Morgan fingerprint density at radius 2 is 1.28 bits per heavy atom. The molecule has 0 heterocycles. The van der Waals surface area contributed by atoms with Crippen molar-refractivity contribution in [2.45, 2.75) is 74.0 Å². The molecule has 0 spiro atoms. The van der Waals surface area contributed by atoms with Crippen LogP contribution in [0.2, 0.25) is 0 Å². The minimum atomic E-state index is -6.01. The Bertz CT molecular complexity index is 736. The van der Waals surface area contributed by atoms with Crippen LogP contribution in [0, 0.1) is 0 Å². The molecular weight excluding hydrogens is 658 g/mol. The lowest BCUT2D eigenvalue weighted by atomic mass is 10.3. The first kappa shape index (κ1) is 38.7. The topological polar surface area (TPSA) is 94.1 Å². The summed E-state index contributed by atoms with van der Waals surface area (Å²) in [5.41, 5.74) is -5.34. The molecule has 24 heteroatoms. The van der Waals surface area contributed by atoms with Crippen molar-refractivity contribution in [3.05, 3.63) is 0 Å². The van der Waals surface area contributed by atoms with E-state index in [2.05, 4.69) is 72.7 Å². The van der Waals surface area contributed by atoms with E-state index in [1.165, 1.54) is 0 Å². The highest BCUT2D eigenvalue weighted by molar-refractivity contribution is 6.45. The van der Waals surface area contributed by atoms with Gasteiger partial charge in [0.2, 0.25) is 0 Å². The van der Waals surface area contributed by atoms with Crippen molar-refractivity contribution >= 4 is 34.8 Å². The third kappa shape index (κ3) is 20.2. The second kappa shape index (κ2) is 14.2. The Kier molecular flexibility index (Phi) is 14.1. The standard InChI is InChI=1S/C15H17Cl3F12O9/c1-7(2)34-10(35-13(25,26)27,3-4-33-8(31)5-32-6-9(19,20)21)36-15(30,37-11(16,17)22)39-14(28,29)38-12(18,23)24/h7-8,31H,3-6H2,1-2H3. The summed E-state index contributed by atoms with van der Waals surface area (Å²) in [6.45, 7) is -2.73. The number of aliphatic hydroxyl groups is 1. The Morgan fingerprint density at radius 1 is 0.744 bits per heavy atom. The third-order valence-electron chi connectivity index (χ3n) is 2.92. The fourth-order valence-corrected chi connectivity index (χ4v) is 2.37. The molecule has 39 heavy (non-hydrogen) atoms. The van der Waals surface area contributed by atoms with Gasteiger partial charge in [-0.05, 0) is 48.7 Å². The van der Waals surface area contributed by atoms with Crippen molar-refractivity contribution in [1.82, 2.24) is 0 Å². The zero-order valence-electron chi connectivity index (χ0n) is 18.9. The molecule has 3 unspecified atom stereocenters. The average Bonchev–Trinajstić information content (AvgIpc) is 2.52. The van der Waals surface area contributed by atoms with Crippen molar-refractivity contribution in [2.75, 3.05) is 19.8 Å². The van der Waals surface area contributed by atoms with Gasteiger partial charge in [0, 0.05) is 0 Å². The normalized spacial score (nSPS) is 18.2. The van der Waals surface area contributed by atoms with Crippen molar-refractivity contribution in [3.63, 3.8) is 0 Å². The maximum atomic E-state index is 15.1. The van der Waals surface area contributed by atoms with E-state index in [9.17, 15) is 53.4 Å². The molecule has 0 radical (unpaired) electrons.